The summed E-state index contributed by atoms with van der Waals surface area (Å²) in [6.07, 6.45) is -4.18. The largest absolute Gasteiger partial charge is 0.438 e. The quantitative estimate of drug-likeness (QED) is 0.466. The van der Waals surface area contributed by atoms with Crippen molar-refractivity contribution in [3.05, 3.63) is 76.2 Å². The third kappa shape index (κ3) is 5.36. The lowest BCUT2D eigenvalue weighted by atomic mass is 10.0. The second-order valence-electron chi connectivity index (χ2n) is 8.92. The minimum absolute atomic E-state index is 0.0549. The Bertz CT molecular complexity index is 1330. The number of benzene rings is 2. The van der Waals surface area contributed by atoms with Crippen molar-refractivity contribution in [2.75, 3.05) is 37.7 Å². The second kappa shape index (κ2) is 9.97. The summed E-state index contributed by atoms with van der Waals surface area (Å²) in [7, 11) is 0. The van der Waals surface area contributed by atoms with E-state index in [-0.39, 0.29) is 30.4 Å². The van der Waals surface area contributed by atoms with Gasteiger partial charge in [-0.1, -0.05) is 6.07 Å². The van der Waals surface area contributed by atoms with Crippen molar-refractivity contribution in [2.45, 2.75) is 26.1 Å². The normalized spacial score (nSPS) is 15.9. The van der Waals surface area contributed by atoms with E-state index in [0.717, 1.165) is 12.1 Å². The van der Waals surface area contributed by atoms with Crippen molar-refractivity contribution in [2.24, 2.45) is 0 Å². The fourth-order valence-electron chi connectivity index (χ4n) is 4.34. The van der Waals surface area contributed by atoms with Crippen LogP contribution in [-0.2, 0) is 23.9 Å². The van der Waals surface area contributed by atoms with Crippen molar-refractivity contribution in [3.8, 4) is 11.6 Å². The Labute approximate surface area is 210 Å². The van der Waals surface area contributed by atoms with Gasteiger partial charge in [-0.2, -0.15) is 18.2 Å². The molecule has 2 aliphatic heterocycles. The molecule has 0 aliphatic carbocycles. The number of nitrogens with zero attached hydrogens (tertiary/aromatic N) is 4. The highest BCUT2D eigenvalue weighted by Gasteiger charge is 2.33. The molecule has 7 nitrogen and oxygen atoms in total. The maximum atomic E-state index is 13.8. The second-order valence-corrected chi connectivity index (χ2v) is 8.92. The monoisotopic (exact) mass is 516 g/mol. The number of rotatable bonds is 4. The molecule has 37 heavy (non-hydrogen) atoms. The molecule has 2 aromatic carbocycles. The zero-order valence-electron chi connectivity index (χ0n) is 20.0. The van der Waals surface area contributed by atoms with E-state index in [1.807, 2.05) is 4.90 Å². The van der Waals surface area contributed by atoms with Crippen LogP contribution >= 0.6 is 0 Å². The summed E-state index contributed by atoms with van der Waals surface area (Å²) in [5, 5.41) is 0. The highest BCUT2D eigenvalue weighted by atomic mass is 19.4. The van der Waals surface area contributed by atoms with Crippen LogP contribution in [0.15, 0.2) is 42.5 Å². The van der Waals surface area contributed by atoms with Gasteiger partial charge in [-0.05, 0) is 48.9 Å². The predicted octanol–water partition coefficient (Wildman–Crippen LogP) is 4.77. The SMILES string of the molecule is Cc1cc(Oc2nc(N3CCOCC3)nc3c2CN(C(=O)c2cccc(C(F)(F)F)c2)CC3)ccc1F. The molecule has 5 rings (SSSR count). The zero-order valence-corrected chi connectivity index (χ0v) is 20.0. The van der Waals surface area contributed by atoms with Gasteiger partial charge in [0, 0.05) is 31.6 Å². The van der Waals surface area contributed by atoms with Gasteiger partial charge in [0.2, 0.25) is 11.8 Å². The van der Waals surface area contributed by atoms with E-state index in [0.29, 0.717) is 61.2 Å². The third-order valence-electron chi connectivity index (χ3n) is 6.37. The zero-order chi connectivity index (χ0) is 26.2. The van der Waals surface area contributed by atoms with Crippen molar-refractivity contribution in [1.82, 2.24) is 14.9 Å². The van der Waals surface area contributed by atoms with Gasteiger partial charge < -0.3 is 19.3 Å². The van der Waals surface area contributed by atoms with Gasteiger partial charge in [0.25, 0.3) is 5.91 Å². The smallest absolute Gasteiger partial charge is 0.416 e. The number of hydrogen-bond donors (Lipinski definition) is 0. The van der Waals surface area contributed by atoms with Crippen LogP contribution in [0.1, 0.15) is 32.7 Å². The molecule has 11 heteroatoms. The molecule has 0 N–H and O–H groups in total. The first-order valence-corrected chi connectivity index (χ1v) is 11.8. The van der Waals surface area contributed by atoms with Gasteiger partial charge in [0.15, 0.2) is 0 Å². The third-order valence-corrected chi connectivity index (χ3v) is 6.37. The number of ether oxygens (including phenoxy) is 2. The molecule has 0 bridgehead atoms. The van der Waals surface area contributed by atoms with E-state index in [9.17, 15) is 22.4 Å². The molecule has 0 atom stereocenters. The van der Waals surface area contributed by atoms with E-state index in [2.05, 4.69) is 4.98 Å². The standard InChI is InChI=1S/C26H24F4N4O3/c1-16-13-19(5-6-21(16)27)37-23-20-15-34(24(35)17-3-2-4-18(14-17)26(28,29)30)8-7-22(20)31-25(32-23)33-9-11-36-12-10-33/h2-6,13-14H,7-12,15H2,1H3. The number of aryl methyl sites for hydroxylation is 1. The number of amides is 1. The molecule has 0 radical (unpaired) electrons. The minimum atomic E-state index is -4.55. The molecule has 194 valence electrons. The summed E-state index contributed by atoms with van der Waals surface area (Å²) in [6, 6.07) is 8.70. The Hall–Kier alpha value is -3.73. The summed E-state index contributed by atoms with van der Waals surface area (Å²) in [5.74, 6) is 0.156. The van der Waals surface area contributed by atoms with Gasteiger partial charge in [0.05, 0.1) is 36.6 Å². The molecule has 3 aromatic rings. The highest BCUT2D eigenvalue weighted by molar-refractivity contribution is 5.94. The minimum Gasteiger partial charge on any atom is -0.438 e. The molecular weight excluding hydrogens is 492 g/mol. The molecule has 1 saturated heterocycles. The lowest BCUT2D eigenvalue weighted by Gasteiger charge is -2.32. The summed E-state index contributed by atoms with van der Waals surface area (Å²) < 4.78 is 64.8. The van der Waals surface area contributed by atoms with E-state index < -0.39 is 17.6 Å². The Morgan fingerprint density at radius 2 is 1.84 bits per heavy atom. The Kier molecular flexibility index (Phi) is 6.72. The number of hydrogen-bond acceptors (Lipinski definition) is 6. The van der Waals surface area contributed by atoms with Gasteiger partial charge in [-0.15, -0.1) is 0 Å². The van der Waals surface area contributed by atoms with Crippen molar-refractivity contribution < 1.29 is 31.8 Å². The van der Waals surface area contributed by atoms with Gasteiger partial charge >= 0.3 is 6.18 Å². The van der Waals surface area contributed by atoms with E-state index >= 15 is 0 Å². The first-order valence-electron chi connectivity index (χ1n) is 11.8. The first-order chi connectivity index (χ1) is 17.7. The van der Waals surface area contributed by atoms with Crippen molar-refractivity contribution in [1.29, 1.82) is 0 Å². The first kappa shape index (κ1) is 24.9. The number of alkyl halides is 3. The summed E-state index contributed by atoms with van der Waals surface area (Å²) >= 11 is 0. The highest BCUT2D eigenvalue weighted by Crippen LogP contribution is 2.34. The van der Waals surface area contributed by atoms with Gasteiger partial charge in [-0.25, -0.2) is 9.37 Å². The number of carbonyl (C=O) groups is 1. The van der Waals surface area contributed by atoms with Gasteiger partial charge in [0.1, 0.15) is 11.6 Å². The van der Waals surface area contributed by atoms with Crippen LogP contribution in [0.25, 0.3) is 0 Å². The summed E-state index contributed by atoms with van der Waals surface area (Å²) in [6.45, 7) is 4.23. The topological polar surface area (TPSA) is 67.8 Å². The molecule has 1 amide bonds. The number of halogens is 4. The fourth-order valence-corrected chi connectivity index (χ4v) is 4.34. The molecular formula is C26H24F4N4O3. The molecule has 2 aliphatic rings. The average Bonchev–Trinajstić information content (AvgIpc) is 2.90. The molecule has 3 heterocycles. The maximum absolute atomic E-state index is 13.8. The summed E-state index contributed by atoms with van der Waals surface area (Å²) in [4.78, 5) is 25.9. The van der Waals surface area contributed by atoms with E-state index in [1.54, 1.807) is 13.0 Å². The Morgan fingerprint density at radius 1 is 1.05 bits per heavy atom. The Morgan fingerprint density at radius 3 is 2.57 bits per heavy atom. The number of anilines is 1. The lowest BCUT2D eigenvalue weighted by Crippen LogP contribution is -2.39. The lowest BCUT2D eigenvalue weighted by molar-refractivity contribution is -0.137. The molecule has 1 aromatic heterocycles. The predicted molar refractivity (Wildman–Crippen MR) is 126 cm³/mol. The number of fused-ring (bicyclic) bond motifs is 1. The van der Waals surface area contributed by atoms with Crippen LogP contribution in [0.5, 0.6) is 11.6 Å². The molecule has 0 saturated carbocycles. The van der Waals surface area contributed by atoms with Crippen LogP contribution in [0, 0.1) is 12.7 Å². The van der Waals surface area contributed by atoms with E-state index in [4.69, 9.17) is 14.5 Å². The average molecular weight is 516 g/mol. The molecule has 1 fully saturated rings. The molecule has 0 unspecified atom stereocenters. The van der Waals surface area contributed by atoms with Crippen LogP contribution in [0.2, 0.25) is 0 Å². The van der Waals surface area contributed by atoms with Crippen molar-refractivity contribution in [3.63, 3.8) is 0 Å². The Balaban J connectivity index is 1.48. The number of aromatic nitrogens is 2. The summed E-state index contributed by atoms with van der Waals surface area (Å²) in [5.41, 5.74) is 0.713. The van der Waals surface area contributed by atoms with Crippen LogP contribution in [0.4, 0.5) is 23.5 Å². The number of carbonyl (C=O) groups excluding carboxylic acids is 1. The van der Waals surface area contributed by atoms with Crippen LogP contribution in [0.3, 0.4) is 0 Å². The van der Waals surface area contributed by atoms with Crippen LogP contribution in [-0.4, -0.2) is 53.6 Å². The maximum Gasteiger partial charge on any atom is 0.416 e. The fraction of sp³-hybridized carbons (Fsp3) is 0.346. The molecule has 0 spiro atoms. The van der Waals surface area contributed by atoms with Gasteiger partial charge in [-0.3, -0.25) is 4.79 Å². The van der Waals surface area contributed by atoms with E-state index in [1.165, 1.54) is 29.2 Å². The van der Waals surface area contributed by atoms with Crippen LogP contribution < -0.4 is 9.64 Å². The number of morpholine rings is 1. The van der Waals surface area contributed by atoms with Crippen molar-refractivity contribution >= 4 is 11.9 Å².